The van der Waals surface area contributed by atoms with Gasteiger partial charge in [0.15, 0.2) is 0 Å². The van der Waals surface area contributed by atoms with Crippen LogP contribution >= 0.6 is 0 Å². The van der Waals surface area contributed by atoms with Crippen LogP contribution in [-0.4, -0.2) is 48.9 Å². The molecule has 1 unspecified atom stereocenters. The van der Waals surface area contributed by atoms with Gasteiger partial charge in [0.25, 0.3) is 0 Å². The van der Waals surface area contributed by atoms with Crippen LogP contribution in [0.25, 0.3) is 0 Å². The maximum atomic E-state index is 12.6. The molecule has 0 spiro atoms. The maximum absolute atomic E-state index is 12.6. The van der Waals surface area contributed by atoms with Gasteiger partial charge in [-0.15, -0.1) is 0 Å². The van der Waals surface area contributed by atoms with Crippen molar-refractivity contribution in [2.45, 2.75) is 52.0 Å². The lowest BCUT2D eigenvalue weighted by atomic mass is 10.0. The Hall–Kier alpha value is -1.88. The van der Waals surface area contributed by atoms with Crippen molar-refractivity contribution in [1.82, 2.24) is 10.2 Å². The quantitative estimate of drug-likeness (QED) is 0.851. The zero-order valence-corrected chi connectivity index (χ0v) is 16.0. The van der Waals surface area contributed by atoms with Gasteiger partial charge in [0.1, 0.15) is 0 Å². The van der Waals surface area contributed by atoms with E-state index in [0.29, 0.717) is 13.0 Å². The van der Waals surface area contributed by atoms with Crippen molar-refractivity contribution in [3.8, 4) is 0 Å². The number of carbonyl (C=O) groups is 2. The number of hydrogen-bond donors (Lipinski definition) is 1. The van der Waals surface area contributed by atoms with Crippen LogP contribution in [0.5, 0.6) is 0 Å². The molecular formula is C21H31N3O2. The van der Waals surface area contributed by atoms with Crippen molar-refractivity contribution in [1.29, 1.82) is 0 Å². The normalized spacial score (nSPS) is 22.0. The second-order valence-electron chi connectivity index (χ2n) is 7.55. The van der Waals surface area contributed by atoms with Gasteiger partial charge in [-0.25, -0.2) is 0 Å². The van der Waals surface area contributed by atoms with E-state index in [0.717, 1.165) is 44.6 Å². The van der Waals surface area contributed by atoms with Crippen LogP contribution < -0.4 is 10.2 Å². The van der Waals surface area contributed by atoms with Crippen LogP contribution in [0.1, 0.15) is 45.1 Å². The van der Waals surface area contributed by atoms with Gasteiger partial charge in [-0.2, -0.15) is 0 Å². The number of nitrogens with one attached hydrogen (secondary N) is 1. The van der Waals surface area contributed by atoms with Crippen molar-refractivity contribution in [2.24, 2.45) is 5.92 Å². The SMILES string of the molecule is CCCN1CCC(NC(=O)C2CC(=O)N(c3ccc(CC)cc3)C2)CC1. The average Bonchev–Trinajstić information content (AvgIpc) is 3.05. The number of benzene rings is 1. The van der Waals surface area contributed by atoms with Crippen LogP contribution in [0.4, 0.5) is 5.69 Å². The molecule has 1 atom stereocenters. The van der Waals surface area contributed by atoms with Crippen molar-refractivity contribution in [3.63, 3.8) is 0 Å². The average molecular weight is 357 g/mol. The Morgan fingerprint density at radius 2 is 1.85 bits per heavy atom. The molecule has 2 aliphatic heterocycles. The Morgan fingerprint density at radius 1 is 1.15 bits per heavy atom. The number of amides is 2. The number of rotatable bonds is 6. The minimum absolute atomic E-state index is 0.0416. The number of carbonyl (C=O) groups excluding carboxylic acids is 2. The van der Waals surface area contributed by atoms with Crippen LogP contribution in [-0.2, 0) is 16.0 Å². The molecule has 142 valence electrons. The molecular weight excluding hydrogens is 326 g/mol. The molecule has 0 bridgehead atoms. The molecule has 5 nitrogen and oxygen atoms in total. The van der Waals surface area contributed by atoms with Crippen molar-refractivity contribution >= 4 is 17.5 Å². The molecule has 2 fully saturated rings. The summed E-state index contributed by atoms with van der Waals surface area (Å²) in [4.78, 5) is 29.2. The highest BCUT2D eigenvalue weighted by atomic mass is 16.2. The standard InChI is InChI=1S/C21H31N3O2/c1-3-11-23-12-9-18(10-13-23)22-21(26)17-14-20(25)24(15-17)19-7-5-16(4-2)6-8-19/h5-8,17-18H,3-4,9-15H2,1-2H3,(H,22,26). The summed E-state index contributed by atoms with van der Waals surface area (Å²) in [7, 11) is 0. The van der Waals surface area contributed by atoms with E-state index in [1.807, 2.05) is 12.1 Å². The first-order valence-corrected chi connectivity index (χ1v) is 10.0. The first-order chi connectivity index (χ1) is 12.6. The van der Waals surface area contributed by atoms with Gasteiger partial charge < -0.3 is 15.1 Å². The van der Waals surface area contributed by atoms with E-state index in [2.05, 4.69) is 36.2 Å². The first kappa shape index (κ1) is 18.9. The lowest BCUT2D eigenvalue weighted by Crippen LogP contribution is -2.46. The Labute approximate surface area is 156 Å². The summed E-state index contributed by atoms with van der Waals surface area (Å²) in [6, 6.07) is 8.34. The number of nitrogens with zero attached hydrogens (tertiary/aromatic N) is 2. The van der Waals surface area contributed by atoms with E-state index in [1.165, 1.54) is 12.0 Å². The zero-order chi connectivity index (χ0) is 18.5. The Kier molecular flexibility index (Phi) is 6.30. The third-order valence-corrected chi connectivity index (χ3v) is 5.63. The third kappa shape index (κ3) is 4.44. The molecule has 0 aliphatic carbocycles. The third-order valence-electron chi connectivity index (χ3n) is 5.63. The lowest BCUT2D eigenvalue weighted by molar-refractivity contribution is -0.127. The molecule has 2 aliphatic rings. The summed E-state index contributed by atoms with van der Waals surface area (Å²) in [5.74, 6) is -0.144. The summed E-state index contributed by atoms with van der Waals surface area (Å²) in [5, 5.41) is 3.19. The van der Waals surface area contributed by atoms with Crippen LogP contribution in [0.15, 0.2) is 24.3 Å². The molecule has 1 aromatic carbocycles. The summed E-state index contributed by atoms with van der Waals surface area (Å²) in [6.07, 6.45) is 4.49. The van der Waals surface area contributed by atoms with Gasteiger partial charge in [-0.05, 0) is 49.9 Å². The molecule has 0 saturated carbocycles. The van der Waals surface area contributed by atoms with Crippen LogP contribution in [0.2, 0.25) is 0 Å². The Morgan fingerprint density at radius 3 is 2.46 bits per heavy atom. The zero-order valence-electron chi connectivity index (χ0n) is 16.0. The number of likely N-dealkylation sites (tertiary alicyclic amines) is 1. The summed E-state index contributed by atoms with van der Waals surface area (Å²) in [5.41, 5.74) is 2.15. The summed E-state index contributed by atoms with van der Waals surface area (Å²) >= 11 is 0. The second-order valence-corrected chi connectivity index (χ2v) is 7.55. The second kappa shape index (κ2) is 8.67. The number of anilines is 1. The fourth-order valence-corrected chi connectivity index (χ4v) is 3.98. The molecule has 2 amide bonds. The number of piperidine rings is 1. The van der Waals surface area contributed by atoms with Gasteiger partial charge in [0.05, 0.1) is 5.92 Å². The number of aryl methyl sites for hydroxylation is 1. The Bertz CT molecular complexity index is 621. The molecule has 1 N–H and O–H groups in total. The fraction of sp³-hybridized carbons (Fsp3) is 0.619. The molecule has 0 radical (unpaired) electrons. The summed E-state index contributed by atoms with van der Waals surface area (Å²) < 4.78 is 0. The molecule has 3 rings (SSSR count). The van der Waals surface area contributed by atoms with Crippen LogP contribution in [0, 0.1) is 5.92 Å². The van der Waals surface area contributed by atoms with Gasteiger partial charge in [-0.3, -0.25) is 9.59 Å². The molecule has 1 aromatic rings. The highest BCUT2D eigenvalue weighted by Gasteiger charge is 2.36. The minimum atomic E-state index is -0.234. The minimum Gasteiger partial charge on any atom is -0.353 e. The number of hydrogen-bond acceptors (Lipinski definition) is 3. The maximum Gasteiger partial charge on any atom is 0.227 e. The highest BCUT2D eigenvalue weighted by Crippen LogP contribution is 2.26. The lowest BCUT2D eigenvalue weighted by Gasteiger charge is -2.32. The van der Waals surface area contributed by atoms with Crippen molar-refractivity contribution in [3.05, 3.63) is 29.8 Å². The predicted molar refractivity (Wildman–Crippen MR) is 104 cm³/mol. The topological polar surface area (TPSA) is 52.7 Å². The highest BCUT2D eigenvalue weighted by molar-refractivity contribution is 6.00. The van der Waals surface area contributed by atoms with Gasteiger partial charge in [-0.1, -0.05) is 26.0 Å². The van der Waals surface area contributed by atoms with Crippen molar-refractivity contribution in [2.75, 3.05) is 31.1 Å². The molecule has 2 heterocycles. The molecule has 26 heavy (non-hydrogen) atoms. The monoisotopic (exact) mass is 357 g/mol. The van der Waals surface area contributed by atoms with Crippen LogP contribution in [0.3, 0.4) is 0 Å². The van der Waals surface area contributed by atoms with E-state index >= 15 is 0 Å². The van der Waals surface area contributed by atoms with E-state index in [-0.39, 0.29) is 23.8 Å². The molecule has 0 aromatic heterocycles. The first-order valence-electron chi connectivity index (χ1n) is 10.0. The van der Waals surface area contributed by atoms with E-state index in [9.17, 15) is 9.59 Å². The predicted octanol–water partition coefficient (Wildman–Crippen LogP) is 2.59. The van der Waals surface area contributed by atoms with E-state index in [1.54, 1.807) is 4.90 Å². The largest absolute Gasteiger partial charge is 0.353 e. The van der Waals surface area contributed by atoms with Gasteiger partial charge in [0.2, 0.25) is 11.8 Å². The van der Waals surface area contributed by atoms with Crippen molar-refractivity contribution < 1.29 is 9.59 Å². The molecule has 5 heteroatoms. The van der Waals surface area contributed by atoms with Gasteiger partial charge in [0, 0.05) is 37.8 Å². The van der Waals surface area contributed by atoms with E-state index in [4.69, 9.17) is 0 Å². The fourth-order valence-electron chi connectivity index (χ4n) is 3.98. The smallest absolute Gasteiger partial charge is 0.227 e. The Balaban J connectivity index is 1.52. The van der Waals surface area contributed by atoms with Gasteiger partial charge >= 0.3 is 0 Å². The molecule has 2 saturated heterocycles. The summed E-state index contributed by atoms with van der Waals surface area (Å²) in [6.45, 7) is 8.06. The van der Waals surface area contributed by atoms with E-state index < -0.39 is 0 Å².